The SMILES string of the molecule is NNC(Cc1ccc(F)c(Br)c1)C1Cc2ccccc2S1. The molecule has 2 aromatic carbocycles. The number of benzene rings is 2. The first kappa shape index (κ1) is 15.0. The van der Waals surface area contributed by atoms with E-state index >= 15 is 0 Å². The predicted molar refractivity (Wildman–Crippen MR) is 88.7 cm³/mol. The zero-order valence-electron chi connectivity index (χ0n) is 11.4. The third-order valence-electron chi connectivity index (χ3n) is 3.77. The van der Waals surface area contributed by atoms with Gasteiger partial charge in [0.05, 0.1) is 4.47 Å². The lowest BCUT2D eigenvalue weighted by Crippen LogP contribution is -2.44. The summed E-state index contributed by atoms with van der Waals surface area (Å²) in [5, 5.41) is 0.399. The molecule has 0 fully saturated rings. The average Bonchev–Trinajstić information content (AvgIpc) is 2.92. The van der Waals surface area contributed by atoms with Gasteiger partial charge in [0.15, 0.2) is 0 Å². The molecule has 3 rings (SSSR count). The Morgan fingerprint density at radius 1 is 1.33 bits per heavy atom. The first-order chi connectivity index (χ1) is 10.2. The van der Waals surface area contributed by atoms with Crippen LogP contribution in [-0.4, -0.2) is 11.3 Å². The minimum absolute atomic E-state index is 0.153. The van der Waals surface area contributed by atoms with Crippen LogP contribution in [0.25, 0.3) is 0 Å². The van der Waals surface area contributed by atoms with Gasteiger partial charge in [-0.2, -0.15) is 0 Å². The molecule has 2 aromatic rings. The van der Waals surface area contributed by atoms with Crippen molar-refractivity contribution in [1.82, 2.24) is 5.43 Å². The summed E-state index contributed by atoms with van der Waals surface area (Å²) in [6, 6.07) is 13.7. The fraction of sp³-hybridized carbons (Fsp3) is 0.250. The molecule has 0 saturated carbocycles. The van der Waals surface area contributed by atoms with Gasteiger partial charge in [-0.25, -0.2) is 4.39 Å². The van der Waals surface area contributed by atoms with Crippen molar-refractivity contribution < 1.29 is 4.39 Å². The number of halogens is 2. The van der Waals surface area contributed by atoms with Gasteiger partial charge in [0.25, 0.3) is 0 Å². The number of thioether (sulfide) groups is 1. The Balaban J connectivity index is 1.73. The second-order valence-electron chi connectivity index (χ2n) is 5.19. The number of nitrogens with one attached hydrogen (secondary N) is 1. The third kappa shape index (κ3) is 3.31. The Morgan fingerprint density at radius 2 is 2.14 bits per heavy atom. The number of rotatable bonds is 4. The smallest absolute Gasteiger partial charge is 0.137 e. The molecule has 1 aliphatic rings. The molecule has 0 saturated heterocycles. The van der Waals surface area contributed by atoms with Gasteiger partial charge < -0.3 is 0 Å². The van der Waals surface area contributed by atoms with Gasteiger partial charge in [-0.1, -0.05) is 24.3 Å². The van der Waals surface area contributed by atoms with Crippen LogP contribution in [0.3, 0.4) is 0 Å². The van der Waals surface area contributed by atoms with Crippen molar-refractivity contribution in [3.8, 4) is 0 Å². The Labute approximate surface area is 136 Å². The lowest BCUT2D eigenvalue weighted by atomic mass is 9.99. The quantitative estimate of drug-likeness (QED) is 0.640. The Morgan fingerprint density at radius 3 is 2.86 bits per heavy atom. The summed E-state index contributed by atoms with van der Waals surface area (Å²) in [5.41, 5.74) is 5.39. The van der Waals surface area contributed by atoms with Crippen molar-refractivity contribution in [3.63, 3.8) is 0 Å². The second-order valence-corrected chi connectivity index (χ2v) is 7.33. The van der Waals surface area contributed by atoms with E-state index in [0.29, 0.717) is 9.72 Å². The summed E-state index contributed by atoms with van der Waals surface area (Å²) in [7, 11) is 0. The highest BCUT2D eigenvalue weighted by Gasteiger charge is 2.28. The van der Waals surface area contributed by atoms with Crippen LogP contribution in [0.2, 0.25) is 0 Å². The molecule has 1 aliphatic heterocycles. The second kappa shape index (κ2) is 6.48. The van der Waals surface area contributed by atoms with Gasteiger partial charge in [0, 0.05) is 16.2 Å². The highest BCUT2D eigenvalue weighted by atomic mass is 79.9. The molecule has 1 heterocycles. The van der Waals surface area contributed by atoms with Crippen LogP contribution in [0.5, 0.6) is 0 Å². The fourth-order valence-corrected chi connectivity index (χ4v) is 4.47. The standard InChI is InChI=1S/C16H16BrFN2S/c17-12-7-10(5-6-13(12)18)8-14(20-19)16-9-11-3-1-2-4-15(11)21-16/h1-7,14,16,20H,8-9,19H2. The predicted octanol–water partition coefficient (Wildman–Crippen LogP) is 3.68. The number of nitrogens with two attached hydrogens (primary N) is 1. The molecule has 0 radical (unpaired) electrons. The fourth-order valence-electron chi connectivity index (χ4n) is 2.65. The van der Waals surface area contributed by atoms with Crippen molar-refractivity contribution in [1.29, 1.82) is 0 Å². The van der Waals surface area contributed by atoms with E-state index in [1.54, 1.807) is 0 Å². The molecule has 0 spiro atoms. The molecule has 3 N–H and O–H groups in total. The summed E-state index contributed by atoms with van der Waals surface area (Å²) >= 11 is 5.10. The van der Waals surface area contributed by atoms with Gasteiger partial charge in [0.2, 0.25) is 0 Å². The average molecular weight is 367 g/mol. The van der Waals surface area contributed by atoms with Crippen LogP contribution in [0.15, 0.2) is 51.8 Å². The highest BCUT2D eigenvalue weighted by molar-refractivity contribution is 9.10. The van der Waals surface area contributed by atoms with Gasteiger partial charge >= 0.3 is 0 Å². The Kier molecular flexibility index (Phi) is 4.64. The first-order valence-electron chi connectivity index (χ1n) is 6.82. The summed E-state index contributed by atoms with van der Waals surface area (Å²) < 4.78 is 13.8. The molecule has 2 unspecified atom stereocenters. The van der Waals surface area contributed by atoms with Crippen LogP contribution in [0.1, 0.15) is 11.1 Å². The lowest BCUT2D eigenvalue weighted by Gasteiger charge is -2.22. The molecule has 2 atom stereocenters. The van der Waals surface area contributed by atoms with Gasteiger partial charge in [0.1, 0.15) is 5.82 Å². The van der Waals surface area contributed by atoms with Crippen molar-refractivity contribution in [2.75, 3.05) is 0 Å². The monoisotopic (exact) mass is 366 g/mol. The third-order valence-corrected chi connectivity index (χ3v) is 5.83. The maximum atomic E-state index is 13.3. The maximum Gasteiger partial charge on any atom is 0.137 e. The lowest BCUT2D eigenvalue weighted by molar-refractivity contribution is 0.506. The van der Waals surface area contributed by atoms with Crippen molar-refractivity contribution >= 4 is 27.7 Å². The van der Waals surface area contributed by atoms with Crippen LogP contribution in [0.4, 0.5) is 4.39 Å². The topological polar surface area (TPSA) is 38.0 Å². The molecule has 0 aromatic heterocycles. The van der Waals surface area contributed by atoms with Crippen molar-refractivity contribution in [3.05, 3.63) is 63.9 Å². The number of hydrogen-bond acceptors (Lipinski definition) is 3. The number of hydrogen-bond donors (Lipinski definition) is 2. The summed E-state index contributed by atoms with van der Waals surface area (Å²) in [5.74, 6) is 5.52. The van der Waals surface area contributed by atoms with Gasteiger partial charge in [-0.15, -0.1) is 11.8 Å². The van der Waals surface area contributed by atoms with E-state index in [-0.39, 0.29) is 11.9 Å². The summed E-state index contributed by atoms with van der Waals surface area (Å²) in [6.45, 7) is 0. The number of hydrazine groups is 1. The molecular formula is C16H16BrFN2S. The van der Waals surface area contributed by atoms with Crippen molar-refractivity contribution in [2.45, 2.75) is 29.0 Å². The van der Waals surface area contributed by atoms with Crippen molar-refractivity contribution in [2.24, 2.45) is 5.84 Å². The van der Waals surface area contributed by atoms with E-state index in [1.807, 2.05) is 23.9 Å². The zero-order chi connectivity index (χ0) is 14.8. The molecule has 5 heteroatoms. The van der Waals surface area contributed by atoms with Crippen LogP contribution in [-0.2, 0) is 12.8 Å². The van der Waals surface area contributed by atoms with Crippen LogP contribution in [0, 0.1) is 5.82 Å². The molecular weight excluding hydrogens is 351 g/mol. The maximum absolute atomic E-state index is 13.3. The molecule has 2 nitrogen and oxygen atoms in total. The Bertz CT molecular complexity index is 625. The van der Waals surface area contributed by atoms with E-state index in [9.17, 15) is 4.39 Å². The van der Waals surface area contributed by atoms with E-state index in [2.05, 4.69) is 45.6 Å². The van der Waals surface area contributed by atoms with Gasteiger partial charge in [-0.3, -0.25) is 11.3 Å². The normalized spacial score (nSPS) is 18.5. The van der Waals surface area contributed by atoms with E-state index in [1.165, 1.54) is 16.5 Å². The van der Waals surface area contributed by atoms with E-state index in [0.717, 1.165) is 18.4 Å². The zero-order valence-corrected chi connectivity index (χ0v) is 13.8. The van der Waals surface area contributed by atoms with Crippen LogP contribution < -0.4 is 11.3 Å². The van der Waals surface area contributed by atoms with Crippen LogP contribution >= 0.6 is 27.7 Å². The minimum Gasteiger partial charge on any atom is -0.271 e. The molecule has 0 bridgehead atoms. The molecule has 0 aliphatic carbocycles. The Hall–Kier alpha value is -0.880. The minimum atomic E-state index is -0.237. The van der Waals surface area contributed by atoms with E-state index < -0.39 is 0 Å². The van der Waals surface area contributed by atoms with Gasteiger partial charge in [-0.05, 0) is 58.1 Å². The van der Waals surface area contributed by atoms with E-state index in [4.69, 9.17) is 5.84 Å². The molecule has 110 valence electrons. The largest absolute Gasteiger partial charge is 0.271 e. The molecule has 0 amide bonds. The summed E-state index contributed by atoms with van der Waals surface area (Å²) in [6.07, 6.45) is 1.79. The molecule has 21 heavy (non-hydrogen) atoms. The highest BCUT2D eigenvalue weighted by Crippen LogP contribution is 2.38. The number of fused-ring (bicyclic) bond motifs is 1. The summed E-state index contributed by atoms with van der Waals surface area (Å²) in [4.78, 5) is 1.34. The first-order valence-corrected chi connectivity index (χ1v) is 8.49.